The number of aromatic amines is 1. The Morgan fingerprint density at radius 2 is 2.30 bits per heavy atom. The summed E-state index contributed by atoms with van der Waals surface area (Å²) in [5.74, 6) is 0.608. The van der Waals surface area contributed by atoms with E-state index in [1.807, 2.05) is 31.2 Å². The van der Waals surface area contributed by atoms with Gasteiger partial charge in [-0.15, -0.1) is 0 Å². The molecule has 0 bridgehead atoms. The van der Waals surface area contributed by atoms with E-state index in [-0.39, 0.29) is 18.4 Å². The molecule has 20 heavy (non-hydrogen) atoms. The maximum absolute atomic E-state index is 12.0. The van der Waals surface area contributed by atoms with Crippen LogP contribution in [0.2, 0.25) is 0 Å². The minimum Gasteiger partial charge on any atom is -0.356 e. The molecule has 0 aliphatic rings. The van der Waals surface area contributed by atoms with Crippen LogP contribution >= 0.6 is 0 Å². The van der Waals surface area contributed by atoms with Gasteiger partial charge in [-0.1, -0.05) is 17.3 Å². The SMILES string of the molecule is CC(NC(=O)Cc1noc2ccccc12)c1ncc[nH]1. The number of hydrogen-bond donors (Lipinski definition) is 2. The molecule has 0 aliphatic carbocycles. The van der Waals surface area contributed by atoms with Gasteiger partial charge in [-0.05, 0) is 19.1 Å². The number of imidazole rings is 1. The average molecular weight is 270 g/mol. The summed E-state index contributed by atoms with van der Waals surface area (Å²) < 4.78 is 5.18. The van der Waals surface area contributed by atoms with E-state index in [2.05, 4.69) is 20.4 Å². The quantitative estimate of drug-likeness (QED) is 0.759. The van der Waals surface area contributed by atoms with Crippen molar-refractivity contribution in [3.63, 3.8) is 0 Å². The highest BCUT2D eigenvalue weighted by Crippen LogP contribution is 2.18. The molecular weight excluding hydrogens is 256 g/mol. The van der Waals surface area contributed by atoms with Crippen LogP contribution in [0.15, 0.2) is 41.2 Å². The number of nitrogens with zero attached hydrogens (tertiary/aromatic N) is 2. The molecule has 3 rings (SSSR count). The van der Waals surface area contributed by atoms with Crippen molar-refractivity contribution < 1.29 is 9.32 Å². The van der Waals surface area contributed by atoms with Crippen LogP contribution < -0.4 is 5.32 Å². The Hall–Kier alpha value is -2.63. The van der Waals surface area contributed by atoms with E-state index in [4.69, 9.17) is 4.52 Å². The summed E-state index contributed by atoms with van der Waals surface area (Å²) in [6.07, 6.45) is 3.56. The second-order valence-electron chi connectivity index (χ2n) is 4.57. The molecule has 0 radical (unpaired) electrons. The molecule has 0 saturated carbocycles. The molecule has 0 saturated heterocycles. The zero-order valence-electron chi connectivity index (χ0n) is 11.0. The Morgan fingerprint density at radius 1 is 1.45 bits per heavy atom. The summed E-state index contributed by atoms with van der Waals surface area (Å²) >= 11 is 0. The summed E-state index contributed by atoms with van der Waals surface area (Å²) in [6, 6.07) is 7.32. The van der Waals surface area contributed by atoms with Crippen molar-refractivity contribution in [2.75, 3.05) is 0 Å². The van der Waals surface area contributed by atoms with Crippen molar-refractivity contribution in [3.05, 3.63) is 48.2 Å². The first-order valence-corrected chi connectivity index (χ1v) is 6.36. The lowest BCUT2D eigenvalue weighted by atomic mass is 10.1. The minimum atomic E-state index is -0.171. The van der Waals surface area contributed by atoms with Crippen molar-refractivity contribution in [2.45, 2.75) is 19.4 Å². The summed E-state index contributed by atoms with van der Waals surface area (Å²) in [4.78, 5) is 19.1. The molecule has 1 unspecified atom stereocenters. The Labute approximate surface area is 115 Å². The Morgan fingerprint density at radius 3 is 3.10 bits per heavy atom. The number of carbonyl (C=O) groups is 1. The monoisotopic (exact) mass is 270 g/mol. The first-order valence-electron chi connectivity index (χ1n) is 6.36. The van der Waals surface area contributed by atoms with Crippen LogP contribution in [0.1, 0.15) is 24.5 Å². The van der Waals surface area contributed by atoms with Gasteiger partial charge in [-0.3, -0.25) is 4.79 Å². The highest BCUT2D eigenvalue weighted by Gasteiger charge is 2.15. The van der Waals surface area contributed by atoms with Crippen LogP contribution in [0.5, 0.6) is 0 Å². The number of rotatable bonds is 4. The fourth-order valence-corrected chi connectivity index (χ4v) is 2.09. The number of para-hydroxylation sites is 1. The minimum absolute atomic E-state index is 0.118. The molecule has 0 fully saturated rings. The van der Waals surface area contributed by atoms with E-state index in [1.165, 1.54) is 0 Å². The van der Waals surface area contributed by atoms with Crippen LogP contribution in [0.3, 0.4) is 0 Å². The number of amides is 1. The van der Waals surface area contributed by atoms with Crippen LogP contribution in [0.25, 0.3) is 11.0 Å². The Kier molecular flexibility index (Phi) is 3.20. The summed E-state index contributed by atoms with van der Waals surface area (Å²) in [5, 5.41) is 7.69. The maximum atomic E-state index is 12.0. The normalized spacial score (nSPS) is 12.4. The third kappa shape index (κ3) is 2.40. The second-order valence-corrected chi connectivity index (χ2v) is 4.57. The summed E-state index contributed by atoms with van der Waals surface area (Å²) in [5.41, 5.74) is 1.33. The Balaban J connectivity index is 1.70. The molecule has 1 atom stereocenters. The van der Waals surface area contributed by atoms with E-state index in [0.29, 0.717) is 11.3 Å². The van der Waals surface area contributed by atoms with Gasteiger partial charge in [0, 0.05) is 17.8 Å². The molecule has 3 aromatic rings. The van der Waals surface area contributed by atoms with Crippen molar-refractivity contribution in [2.24, 2.45) is 0 Å². The van der Waals surface area contributed by atoms with Gasteiger partial charge >= 0.3 is 0 Å². The smallest absolute Gasteiger partial charge is 0.226 e. The Bertz CT molecular complexity index is 718. The van der Waals surface area contributed by atoms with Gasteiger partial charge in [0.1, 0.15) is 11.5 Å². The van der Waals surface area contributed by atoms with Crippen LogP contribution in [0, 0.1) is 0 Å². The summed E-state index contributed by atoms with van der Waals surface area (Å²) in [7, 11) is 0. The highest BCUT2D eigenvalue weighted by molar-refractivity contribution is 5.86. The number of nitrogens with one attached hydrogen (secondary N) is 2. The predicted molar refractivity (Wildman–Crippen MR) is 72.9 cm³/mol. The number of H-pyrrole nitrogens is 1. The van der Waals surface area contributed by atoms with Gasteiger partial charge in [0.25, 0.3) is 0 Å². The van der Waals surface area contributed by atoms with Gasteiger partial charge in [-0.2, -0.15) is 0 Å². The van der Waals surface area contributed by atoms with Gasteiger partial charge < -0.3 is 14.8 Å². The molecule has 2 aromatic heterocycles. The fourth-order valence-electron chi connectivity index (χ4n) is 2.09. The zero-order valence-corrected chi connectivity index (χ0v) is 11.0. The zero-order chi connectivity index (χ0) is 13.9. The van der Waals surface area contributed by atoms with Gasteiger partial charge in [0.15, 0.2) is 5.58 Å². The van der Waals surface area contributed by atoms with Gasteiger partial charge in [0.2, 0.25) is 5.91 Å². The molecule has 6 nitrogen and oxygen atoms in total. The largest absolute Gasteiger partial charge is 0.356 e. The predicted octanol–water partition coefficient (Wildman–Crippen LogP) is 1.97. The molecular formula is C14H14N4O2. The van der Waals surface area contributed by atoms with Gasteiger partial charge in [-0.25, -0.2) is 4.98 Å². The second kappa shape index (κ2) is 5.16. The molecule has 2 N–H and O–H groups in total. The number of hydrogen-bond acceptors (Lipinski definition) is 4. The van der Waals surface area contributed by atoms with Crippen molar-refractivity contribution in [3.8, 4) is 0 Å². The fraction of sp³-hybridized carbons (Fsp3) is 0.214. The third-order valence-corrected chi connectivity index (χ3v) is 3.09. The number of benzene rings is 1. The van der Waals surface area contributed by atoms with E-state index in [1.54, 1.807) is 12.4 Å². The highest BCUT2D eigenvalue weighted by atomic mass is 16.5. The van der Waals surface area contributed by atoms with Gasteiger partial charge in [0.05, 0.1) is 12.5 Å². The molecule has 0 aliphatic heterocycles. The third-order valence-electron chi connectivity index (χ3n) is 3.09. The maximum Gasteiger partial charge on any atom is 0.226 e. The van der Waals surface area contributed by atoms with E-state index >= 15 is 0 Å². The lowest BCUT2D eigenvalue weighted by molar-refractivity contribution is -0.121. The van der Waals surface area contributed by atoms with Crippen LogP contribution in [0.4, 0.5) is 0 Å². The lowest BCUT2D eigenvalue weighted by Gasteiger charge is -2.10. The molecule has 2 heterocycles. The van der Waals surface area contributed by atoms with Crippen molar-refractivity contribution in [1.29, 1.82) is 0 Å². The molecule has 6 heteroatoms. The van der Waals surface area contributed by atoms with E-state index in [9.17, 15) is 4.79 Å². The lowest BCUT2D eigenvalue weighted by Crippen LogP contribution is -2.28. The average Bonchev–Trinajstić information content (AvgIpc) is 3.09. The van der Waals surface area contributed by atoms with Crippen LogP contribution in [-0.2, 0) is 11.2 Å². The standard InChI is InChI=1S/C14H14N4O2/c1-9(14-15-6-7-16-14)17-13(19)8-11-10-4-2-3-5-12(10)20-18-11/h2-7,9H,8H2,1H3,(H,15,16)(H,17,19). The number of carbonyl (C=O) groups excluding carboxylic acids is 1. The van der Waals surface area contributed by atoms with Crippen molar-refractivity contribution >= 4 is 16.9 Å². The molecule has 1 aromatic carbocycles. The van der Waals surface area contributed by atoms with Crippen molar-refractivity contribution in [1.82, 2.24) is 20.4 Å². The number of fused-ring (bicyclic) bond motifs is 1. The first kappa shape index (κ1) is 12.4. The summed E-state index contributed by atoms with van der Waals surface area (Å²) in [6.45, 7) is 1.87. The topological polar surface area (TPSA) is 83.8 Å². The van der Waals surface area contributed by atoms with Crippen LogP contribution in [-0.4, -0.2) is 21.0 Å². The number of aromatic nitrogens is 3. The van der Waals surface area contributed by atoms with E-state index < -0.39 is 0 Å². The first-order chi connectivity index (χ1) is 9.74. The molecule has 0 spiro atoms. The van der Waals surface area contributed by atoms with E-state index in [0.717, 1.165) is 11.2 Å². The molecule has 102 valence electrons. The molecule has 1 amide bonds.